The van der Waals surface area contributed by atoms with Crippen molar-refractivity contribution in [3.8, 4) is 11.3 Å². The number of esters is 1. The first-order chi connectivity index (χ1) is 16.8. The van der Waals surface area contributed by atoms with Crippen LogP contribution in [0, 0.1) is 0 Å². The predicted octanol–water partition coefficient (Wildman–Crippen LogP) is 4.76. The number of ketones is 1. The number of aromatic amines is 1. The molecule has 4 rings (SSSR count). The van der Waals surface area contributed by atoms with Crippen LogP contribution in [-0.2, 0) is 26.0 Å². The van der Waals surface area contributed by atoms with E-state index in [0.717, 1.165) is 19.1 Å². The summed E-state index contributed by atoms with van der Waals surface area (Å²) < 4.78 is 33.3. The molecule has 0 aliphatic heterocycles. The zero-order chi connectivity index (χ0) is 25.0. The van der Waals surface area contributed by atoms with E-state index in [1.807, 2.05) is 30.3 Å². The molecule has 7 nitrogen and oxygen atoms in total. The van der Waals surface area contributed by atoms with Gasteiger partial charge in [-0.2, -0.15) is 0 Å². The lowest BCUT2D eigenvalue weighted by Crippen LogP contribution is -2.25. The number of carbonyl (C=O) groups is 2. The van der Waals surface area contributed by atoms with E-state index in [1.54, 1.807) is 30.3 Å². The van der Waals surface area contributed by atoms with Gasteiger partial charge in [-0.15, -0.1) is 0 Å². The van der Waals surface area contributed by atoms with E-state index in [4.69, 9.17) is 11.6 Å². The van der Waals surface area contributed by atoms with Crippen molar-refractivity contribution in [1.82, 2.24) is 9.71 Å². The lowest BCUT2D eigenvalue weighted by Gasteiger charge is -2.11. The number of sulfonamides is 1. The maximum atomic E-state index is 13.0. The van der Waals surface area contributed by atoms with Crippen molar-refractivity contribution in [3.63, 3.8) is 0 Å². The van der Waals surface area contributed by atoms with Gasteiger partial charge in [0.2, 0.25) is 10.0 Å². The molecule has 35 heavy (non-hydrogen) atoms. The number of fused-ring (bicyclic) bond motifs is 1. The SMILES string of the molecule is COC(=O)C(=O)c1c(-c2ccc(Cl)c(S(=O)(=O)NCCCc3ccccc3)c2)[nH]c2ccccc12. The van der Waals surface area contributed by atoms with Crippen molar-refractivity contribution >= 4 is 44.3 Å². The van der Waals surface area contributed by atoms with Crippen molar-refractivity contribution in [1.29, 1.82) is 0 Å². The van der Waals surface area contributed by atoms with Crippen LogP contribution in [-0.4, -0.2) is 38.8 Å². The number of para-hydroxylation sites is 1. The Morgan fingerprint density at radius 3 is 2.46 bits per heavy atom. The Morgan fingerprint density at radius 2 is 1.71 bits per heavy atom. The molecule has 180 valence electrons. The van der Waals surface area contributed by atoms with E-state index >= 15 is 0 Å². The van der Waals surface area contributed by atoms with Crippen LogP contribution >= 0.6 is 11.6 Å². The van der Waals surface area contributed by atoms with Crippen LogP contribution in [0.25, 0.3) is 22.2 Å². The highest BCUT2D eigenvalue weighted by atomic mass is 35.5. The average Bonchev–Trinajstić information content (AvgIpc) is 3.26. The Bertz CT molecular complexity index is 1500. The number of hydrogen-bond donors (Lipinski definition) is 2. The summed E-state index contributed by atoms with van der Waals surface area (Å²) in [5, 5.41) is 0.567. The number of halogens is 1. The van der Waals surface area contributed by atoms with E-state index < -0.39 is 21.8 Å². The van der Waals surface area contributed by atoms with Gasteiger partial charge >= 0.3 is 5.97 Å². The summed E-state index contributed by atoms with van der Waals surface area (Å²) in [4.78, 5) is 27.9. The highest BCUT2D eigenvalue weighted by Crippen LogP contribution is 2.34. The number of aromatic nitrogens is 1. The van der Waals surface area contributed by atoms with Gasteiger partial charge in [0.1, 0.15) is 4.90 Å². The fraction of sp³-hybridized carbons (Fsp3) is 0.154. The van der Waals surface area contributed by atoms with Crippen LogP contribution in [0.2, 0.25) is 5.02 Å². The monoisotopic (exact) mass is 510 g/mol. The zero-order valence-corrected chi connectivity index (χ0v) is 20.4. The van der Waals surface area contributed by atoms with E-state index in [-0.39, 0.29) is 22.0 Å². The fourth-order valence-corrected chi connectivity index (χ4v) is 5.47. The van der Waals surface area contributed by atoms with Crippen LogP contribution in [0.5, 0.6) is 0 Å². The maximum absolute atomic E-state index is 13.0. The number of methoxy groups -OCH3 is 1. The van der Waals surface area contributed by atoms with Gasteiger partial charge in [0, 0.05) is 23.0 Å². The van der Waals surface area contributed by atoms with E-state index in [0.29, 0.717) is 28.6 Å². The van der Waals surface area contributed by atoms with Crippen LogP contribution in [0.15, 0.2) is 77.7 Å². The Kier molecular flexibility index (Phi) is 7.35. The largest absolute Gasteiger partial charge is 0.463 e. The van der Waals surface area contributed by atoms with Crippen molar-refractivity contribution in [3.05, 3.63) is 88.9 Å². The average molecular weight is 511 g/mol. The summed E-state index contributed by atoms with van der Waals surface area (Å²) in [6, 6.07) is 21.2. The summed E-state index contributed by atoms with van der Waals surface area (Å²) in [5.74, 6) is -1.85. The molecule has 0 aliphatic carbocycles. The third kappa shape index (κ3) is 5.30. The third-order valence-electron chi connectivity index (χ3n) is 5.59. The molecule has 0 aliphatic rings. The van der Waals surface area contributed by atoms with Crippen molar-refractivity contribution in [2.75, 3.05) is 13.7 Å². The lowest BCUT2D eigenvalue weighted by atomic mass is 10.0. The number of benzene rings is 3. The molecule has 0 saturated heterocycles. The molecule has 1 aromatic heterocycles. The predicted molar refractivity (Wildman–Crippen MR) is 135 cm³/mol. The second kappa shape index (κ2) is 10.4. The Balaban J connectivity index is 1.65. The molecule has 2 N–H and O–H groups in total. The van der Waals surface area contributed by atoms with E-state index in [1.165, 1.54) is 12.1 Å². The van der Waals surface area contributed by atoms with Gasteiger partial charge in [0.15, 0.2) is 0 Å². The van der Waals surface area contributed by atoms with Crippen LogP contribution in [0.3, 0.4) is 0 Å². The first-order valence-electron chi connectivity index (χ1n) is 10.9. The summed E-state index contributed by atoms with van der Waals surface area (Å²) in [6.07, 6.45) is 1.34. The number of rotatable bonds is 9. The van der Waals surface area contributed by atoms with Crippen LogP contribution < -0.4 is 4.72 Å². The smallest absolute Gasteiger partial charge is 0.379 e. The number of aryl methyl sites for hydroxylation is 1. The molecule has 0 radical (unpaired) electrons. The third-order valence-corrected chi connectivity index (χ3v) is 7.53. The van der Waals surface area contributed by atoms with Gasteiger partial charge in [-0.3, -0.25) is 4.79 Å². The van der Waals surface area contributed by atoms with Gasteiger partial charge in [-0.05, 0) is 36.6 Å². The van der Waals surface area contributed by atoms with Gasteiger partial charge in [0.05, 0.1) is 23.4 Å². The van der Waals surface area contributed by atoms with Crippen LogP contribution in [0.1, 0.15) is 22.3 Å². The molecule has 0 saturated carbocycles. The van der Waals surface area contributed by atoms with Crippen LogP contribution in [0.4, 0.5) is 0 Å². The topological polar surface area (TPSA) is 105 Å². The molecule has 4 aromatic rings. The first-order valence-corrected chi connectivity index (χ1v) is 12.7. The van der Waals surface area contributed by atoms with E-state index in [2.05, 4.69) is 14.4 Å². The Labute approximate surface area is 208 Å². The molecule has 0 spiro atoms. The molecule has 0 atom stereocenters. The molecular formula is C26H23ClN2O5S. The Morgan fingerprint density at radius 1 is 1.00 bits per heavy atom. The highest BCUT2D eigenvalue weighted by molar-refractivity contribution is 7.89. The second-order valence-corrected chi connectivity index (χ2v) is 10.0. The van der Waals surface area contributed by atoms with Crippen molar-refractivity contribution < 1.29 is 22.7 Å². The number of ether oxygens (including phenoxy) is 1. The number of Topliss-reactive ketones (excluding diaryl/α,β-unsaturated/α-hetero) is 1. The normalized spacial score (nSPS) is 11.5. The van der Waals surface area contributed by atoms with Crippen molar-refractivity contribution in [2.24, 2.45) is 0 Å². The molecule has 0 unspecified atom stereocenters. The summed E-state index contributed by atoms with van der Waals surface area (Å²) >= 11 is 6.26. The standard InChI is InChI=1S/C26H23ClN2O5S/c1-34-26(31)25(30)23-19-11-5-6-12-21(19)29-24(23)18-13-14-20(27)22(16-18)35(32,33)28-15-7-10-17-8-3-2-4-9-17/h2-6,8-9,11-14,16,28-29H,7,10,15H2,1H3. The molecule has 3 aromatic carbocycles. The molecule has 0 amide bonds. The van der Waals surface area contributed by atoms with Crippen molar-refractivity contribution in [2.45, 2.75) is 17.7 Å². The second-order valence-electron chi connectivity index (χ2n) is 7.87. The fourth-order valence-electron chi connectivity index (χ4n) is 3.88. The quantitative estimate of drug-likeness (QED) is 0.146. The Hall–Kier alpha value is -3.46. The molecule has 1 heterocycles. The first kappa shape index (κ1) is 24.7. The molecule has 0 fully saturated rings. The van der Waals surface area contributed by atoms with Gasteiger partial charge < -0.3 is 9.72 Å². The number of hydrogen-bond acceptors (Lipinski definition) is 5. The number of nitrogens with one attached hydrogen (secondary N) is 2. The number of carbonyl (C=O) groups excluding carboxylic acids is 2. The summed E-state index contributed by atoms with van der Waals surface area (Å²) in [5.41, 5.74) is 2.54. The maximum Gasteiger partial charge on any atom is 0.379 e. The summed E-state index contributed by atoms with van der Waals surface area (Å²) in [6.45, 7) is 0.232. The molecule has 0 bridgehead atoms. The van der Waals surface area contributed by atoms with E-state index in [9.17, 15) is 18.0 Å². The van der Waals surface area contributed by atoms with Gasteiger partial charge in [0.25, 0.3) is 5.78 Å². The van der Waals surface area contributed by atoms with Gasteiger partial charge in [-0.1, -0.05) is 66.2 Å². The minimum absolute atomic E-state index is 0.0428. The lowest BCUT2D eigenvalue weighted by molar-refractivity contribution is -0.135. The highest BCUT2D eigenvalue weighted by Gasteiger charge is 2.27. The molecule has 9 heteroatoms. The number of H-pyrrole nitrogens is 1. The zero-order valence-electron chi connectivity index (χ0n) is 18.9. The minimum Gasteiger partial charge on any atom is -0.463 e. The summed E-state index contributed by atoms with van der Waals surface area (Å²) in [7, 11) is -2.80. The molecular weight excluding hydrogens is 488 g/mol. The van der Waals surface area contributed by atoms with Gasteiger partial charge in [-0.25, -0.2) is 17.9 Å². The minimum atomic E-state index is -3.93.